The second-order valence-corrected chi connectivity index (χ2v) is 5.94. The first-order chi connectivity index (χ1) is 12.3. The summed E-state index contributed by atoms with van der Waals surface area (Å²) >= 11 is 0. The second-order valence-electron chi connectivity index (χ2n) is 5.94. The van der Waals surface area contributed by atoms with Gasteiger partial charge in [-0.1, -0.05) is 36.4 Å². The predicted molar refractivity (Wildman–Crippen MR) is 95.6 cm³/mol. The molecule has 25 heavy (non-hydrogen) atoms. The molecule has 1 aromatic heterocycles. The number of anilines is 3. The molecule has 2 aromatic carbocycles. The van der Waals surface area contributed by atoms with Crippen molar-refractivity contribution in [2.75, 3.05) is 23.3 Å². The Balaban J connectivity index is 1.45. The van der Waals surface area contributed by atoms with Crippen LogP contribution in [0.2, 0.25) is 0 Å². The first-order valence-corrected chi connectivity index (χ1v) is 8.34. The van der Waals surface area contributed by atoms with Gasteiger partial charge in [-0.2, -0.15) is 10.1 Å². The minimum Gasteiger partial charge on any atom is -0.353 e. The molecule has 126 valence electrons. The summed E-state index contributed by atoms with van der Waals surface area (Å²) < 4.78 is 13.6. The van der Waals surface area contributed by atoms with Gasteiger partial charge in [0.2, 0.25) is 5.95 Å². The van der Waals surface area contributed by atoms with Crippen LogP contribution in [0, 0.1) is 5.82 Å². The molecule has 0 aliphatic carbocycles. The summed E-state index contributed by atoms with van der Waals surface area (Å²) in [7, 11) is 0. The highest BCUT2D eigenvalue weighted by atomic mass is 19.1. The highest BCUT2D eigenvalue weighted by Gasteiger charge is 2.21. The Hall–Kier alpha value is -3.02. The van der Waals surface area contributed by atoms with Crippen molar-refractivity contribution in [1.82, 2.24) is 15.2 Å². The molecule has 0 atom stereocenters. The molecule has 0 fully saturated rings. The largest absolute Gasteiger partial charge is 0.353 e. The lowest BCUT2D eigenvalue weighted by Crippen LogP contribution is -2.17. The summed E-state index contributed by atoms with van der Waals surface area (Å²) in [5, 5.41) is 11.2. The number of fused-ring (bicyclic) bond motifs is 1. The van der Waals surface area contributed by atoms with Crippen LogP contribution in [0.5, 0.6) is 0 Å². The lowest BCUT2D eigenvalue weighted by atomic mass is 10.1. The molecule has 1 aliphatic heterocycles. The highest BCUT2D eigenvalue weighted by molar-refractivity contribution is 5.67. The van der Waals surface area contributed by atoms with Crippen molar-refractivity contribution in [1.29, 1.82) is 0 Å². The molecule has 0 amide bonds. The first kappa shape index (κ1) is 15.5. The molecule has 0 saturated heterocycles. The Labute approximate surface area is 145 Å². The van der Waals surface area contributed by atoms with Gasteiger partial charge in [-0.3, -0.25) is 0 Å². The molecular formula is C19H18FN5. The van der Waals surface area contributed by atoms with E-state index in [0.717, 1.165) is 18.8 Å². The van der Waals surface area contributed by atoms with E-state index in [1.165, 1.54) is 17.3 Å². The maximum absolute atomic E-state index is 13.6. The number of nitrogens with zero attached hydrogens (tertiary/aromatic N) is 4. The van der Waals surface area contributed by atoms with Crippen LogP contribution in [0.15, 0.2) is 54.7 Å². The normalized spacial score (nSPS) is 12.9. The van der Waals surface area contributed by atoms with Crippen molar-refractivity contribution in [3.8, 4) is 0 Å². The Morgan fingerprint density at radius 3 is 2.84 bits per heavy atom. The zero-order chi connectivity index (χ0) is 17.1. The average molecular weight is 335 g/mol. The molecule has 0 bridgehead atoms. The van der Waals surface area contributed by atoms with E-state index in [1.807, 2.05) is 12.1 Å². The fraction of sp³-hybridized carbons (Fsp3) is 0.211. The van der Waals surface area contributed by atoms with Crippen molar-refractivity contribution in [3.63, 3.8) is 0 Å². The standard InChI is InChI=1S/C19H18FN5/c20-16-7-3-1-5-14(16)9-11-21-19-23-18(13-22-24-19)25-12-10-15-6-2-4-8-17(15)25/h1-8,13H,9-12H2,(H,21,23,24). The monoisotopic (exact) mass is 335 g/mol. The lowest BCUT2D eigenvalue weighted by Gasteiger charge is -2.18. The van der Waals surface area contributed by atoms with Crippen molar-refractivity contribution in [3.05, 3.63) is 71.7 Å². The van der Waals surface area contributed by atoms with Gasteiger partial charge in [0.15, 0.2) is 5.82 Å². The fourth-order valence-corrected chi connectivity index (χ4v) is 3.09. The second kappa shape index (κ2) is 6.84. The van der Waals surface area contributed by atoms with Gasteiger partial charge >= 0.3 is 0 Å². The van der Waals surface area contributed by atoms with Crippen LogP contribution in [0.3, 0.4) is 0 Å². The molecule has 6 heteroatoms. The Morgan fingerprint density at radius 2 is 1.92 bits per heavy atom. The Kier molecular flexibility index (Phi) is 4.24. The molecule has 1 aliphatic rings. The SMILES string of the molecule is Fc1ccccc1CCNc1nncc(N2CCc3ccccc32)n1. The van der Waals surface area contributed by atoms with Crippen LogP contribution in [0.25, 0.3) is 0 Å². The number of hydrogen-bond acceptors (Lipinski definition) is 5. The molecule has 5 nitrogen and oxygen atoms in total. The van der Waals surface area contributed by atoms with Gasteiger partial charge in [-0.05, 0) is 36.1 Å². The number of rotatable bonds is 5. The lowest BCUT2D eigenvalue weighted by molar-refractivity contribution is 0.610. The molecule has 0 saturated carbocycles. The number of hydrogen-bond donors (Lipinski definition) is 1. The maximum atomic E-state index is 13.6. The summed E-state index contributed by atoms with van der Waals surface area (Å²) in [6, 6.07) is 15.1. The molecule has 2 heterocycles. The third-order valence-electron chi connectivity index (χ3n) is 4.35. The van der Waals surface area contributed by atoms with E-state index in [1.54, 1.807) is 18.3 Å². The summed E-state index contributed by atoms with van der Waals surface area (Å²) in [5.74, 6) is 1.04. The number of halogens is 1. The summed E-state index contributed by atoms with van der Waals surface area (Å²) in [4.78, 5) is 6.70. The first-order valence-electron chi connectivity index (χ1n) is 8.34. The van der Waals surface area contributed by atoms with Gasteiger partial charge < -0.3 is 10.2 Å². The van der Waals surface area contributed by atoms with E-state index in [-0.39, 0.29) is 5.82 Å². The predicted octanol–water partition coefficient (Wildman–Crippen LogP) is 3.36. The zero-order valence-electron chi connectivity index (χ0n) is 13.7. The van der Waals surface area contributed by atoms with Gasteiger partial charge in [0, 0.05) is 18.8 Å². The van der Waals surface area contributed by atoms with E-state index in [2.05, 4.69) is 43.6 Å². The van der Waals surface area contributed by atoms with E-state index in [4.69, 9.17) is 0 Å². The average Bonchev–Trinajstić information content (AvgIpc) is 3.08. The molecular weight excluding hydrogens is 317 g/mol. The van der Waals surface area contributed by atoms with Crippen LogP contribution < -0.4 is 10.2 Å². The van der Waals surface area contributed by atoms with E-state index in [9.17, 15) is 4.39 Å². The number of aromatic nitrogens is 3. The summed E-state index contributed by atoms with van der Waals surface area (Å²) in [6.07, 6.45) is 3.23. The van der Waals surface area contributed by atoms with Gasteiger partial charge in [-0.25, -0.2) is 4.39 Å². The minimum atomic E-state index is -0.189. The van der Waals surface area contributed by atoms with Crippen LogP contribution in [0.1, 0.15) is 11.1 Å². The van der Waals surface area contributed by atoms with Crippen LogP contribution in [-0.2, 0) is 12.8 Å². The van der Waals surface area contributed by atoms with Crippen LogP contribution in [0.4, 0.5) is 21.8 Å². The van der Waals surface area contributed by atoms with E-state index < -0.39 is 0 Å². The molecule has 4 rings (SSSR count). The van der Waals surface area contributed by atoms with E-state index >= 15 is 0 Å². The minimum absolute atomic E-state index is 0.189. The number of para-hydroxylation sites is 1. The molecule has 0 radical (unpaired) electrons. The van der Waals surface area contributed by atoms with E-state index in [0.29, 0.717) is 24.5 Å². The van der Waals surface area contributed by atoms with Crippen molar-refractivity contribution in [2.24, 2.45) is 0 Å². The quantitative estimate of drug-likeness (QED) is 0.775. The van der Waals surface area contributed by atoms with Crippen molar-refractivity contribution >= 4 is 17.5 Å². The third kappa shape index (κ3) is 3.28. The molecule has 0 spiro atoms. The zero-order valence-corrected chi connectivity index (χ0v) is 13.7. The van der Waals surface area contributed by atoms with Crippen LogP contribution >= 0.6 is 0 Å². The smallest absolute Gasteiger partial charge is 0.244 e. The molecule has 0 unspecified atom stereocenters. The Morgan fingerprint density at radius 1 is 1.08 bits per heavy atom. The highest BCUT2D eigenvalue weighted by Crippen LogP contribution is 2.32. The number of nitrogens with one attached hydrogen (secondary N) is 1. The van der Waals surface area contributed by atoms with Gasteiger partial charge in [-0.15, -0.1) is 5.10 Å². The third-order valence-corrected chi connectivity index (χ3v) is 4.35. The molecule has 3 aromatic rings. The number of benzene rings is 2. The van der Waals surface area contributed by atoms with Gasteiger partial charge in [0.25, 0.3) is 0 Å². The molecule has 1 N–H and O–H groups in total. The topological polar surface area (TPSA) is 53.9 Å². The van der Waals surface area contributed by atoms with Gasteiger partial charge in [0.1, 0.15) is 5.82 Å². The summed E-state index contributed by atoms with van der Waals surface area (Å²) in [5.41, 5.74) is 3.16. The van der Waals surface area contributed by atoms with Gasteiger partial charge in [0.05, 0.1) is 6.20 Å². The maximum Gasteiger partial charge on any atom is 0.244 e. The van der Waals surface area contributed by atoms with Crippen molar-refractivity contribution < 1.29 is 4.39 Å². The van der Waals surface area contributed by atoms with Crippen molar-refractivity contribution in [2.45, 2.75) is 12.8 Å². The summed E-state index contributed by atoms with van der Waals surface area (Å²) in [6.45, 7) is 1.43. The Bertz CT molecular complexity index is 883. The van der Waals surface area contributed by atoms with Crippen LogP contribution in [-0.4, -0.2) is 28.3 Å². The fourth-order valence-electron chi connectivity index (χ4n) is 3.09.